The van der Waals surface area contributed by atoms with Crippen LogP contribution in [0.25, 0.3) is 10.2 Å². The zero-order valence-electron chi connectivity index (χ0n) is 12.4. The molecule has 0 bridgehead atoms. The lowest BCUT2D eigenvalue weighted by atomic mass is 10.2. The van der Waals surface area contributed by atoms with Gasteiger partial charge in [-0.05, 0) is 40.2 Å². The number of anilines is 1. The number of para-hydroxylation sites is 1. The Morgan fingerprint density at radius 2 is 1.83 bits per heavy atom. The largest absolute Gasteiger partial charge is 0.495 e. The highest BCUT2D eigenvalue weighted by molar-refractivity contribution is 9.10. The standard InChI is InChI=1S/C16H13BrN2O3S/c1-21-11-7-9(8-12(22-2)14(11)17)15(20)19-16-18-10-5-3-4-6-13(10)23-16/h3-8H,1-2H3,(H,18,19,20). The van der Waals surface area contributed by atoms with Crippen molar-refractivity contribution in [2.45, 2.75) is 0 Å². The molecule has 1 amide bonds. The van der Waals surface area contributed by atoms with Crippen LogP contribution in [-0.2, 0) is 0 Å². The Morgan fingerprint density at radius 1 is 1.17 bits per heavy atom. The minimum absolute atomic E-state index is 0.270. The number of hydrogen-bond donors (Lipinski definition) is 1. The molecule has 0 unspecified atom stereocenters. The molecule has 0 radical (unpaired) electrons. The van der Waals surface area contributed by atoms with Crippen LogP contribution in [0.5, 0.6) is 11.5 Å². The van der Waals surface area contributed by atoms with E-state index in [4.69, 9.17) is 9.47 Å². The van der Waals surface area contributed by atoms with Crippen LogP contribution >= 0.6 is 27.3 Å². The third kappa shape index (κ3) is 3.16. The van der Waals surface area contributed by atoms with E-state index in [1.807, 2.05) is 24.3 Å². The number of amides is 1. The molecular formula is C16H13BrN2O3S. The lowest BCUT2D eigenvalue weighted by Crippen LogP contribution is -2.12. The Bertz CT molecular complexity index is 821. The van der Waals surface area contributed by atoms with E-state index in [0.29, 0.717) is 26.7 Å². The molecule has 0 saturated carbocycles. The van der Waals surface area contributed by atoms with Gasteiger partial charge in [0, 0.05) is 5.56 Å². The maximum absolute atomic E-state index is 12.5. The number of ether oxygens (including phenoxy) is 2. The van der Waals surface area contributed by atoms with Gasteiger partial charge in [-0.1, -0.05) is 23.5 Å². The predicted octanol–water partition coefficient (Wildman–Crippen LogP) is 4.33. The van der Waals surface area contributed by atoms with Crippen LogP contribution in [0.15, 0.2) is 40.9 Å². The number of carbonyl (C=O) groups is 1. The molecule has 0 fully saturated rings. The number of methoxy groups -OCH3 is 2. The molecule has 1 aromatic heterocycles. The number of carbonyl (C=O) groups excluding carboxylic acids is 1. The molecule has 2 aromatic carbocycles. The van der Waals surface area contributed by atoms with Crippen LogP contribution in [0.4, 0.5) is 5.13 Å². The van der Waals surface area contributed by atoms with Crippen molar-refractivity contribution >= 4 is 48.5 Å². The first kappa shape index (κ1) is 15.8. The van der Waals surface area contributed by atoms with Crippen molar-refractivity contribution in [2.75, 3.05) is 19.5 Å². The summed E-state index contributed by atoms with van der Waals surface area (Å²) in [7, 11) is 3.07. The second-order valence-electron chi connectivity index (χ2n) is 4.64. The van der Waals surface area contributed by atoms with Crippen LogP contribution in [0.3, 0.4) is 0 Å². The first-order valence-corrected chi connectivity index (χ1v) is 8.31. The summed E-state index contributed by atoms with van der Waals surface area (Å²) in [6.07, 6.45) is 0. The van der Waals surface area contributed by atoms with Crippen LogP contribution in [0.2, 0.25) is 0 Å². The van der Waals surface area contributed by atoms with E-state index in [2.05, 4.69) is 26.2 Å². The summed E-state index contributed by atoms with van der Waals surface area (Å²) in [5.41, 5.74) is 1.29. The first-order valence-electron chi connectivity index (χ1n) is 6.71. The molecular weight excluding hydrogens is 380 g/mol. The minimum Gasteiger partial charge on any atom is -0.495 e. The maximum atomic E-state index is 12.5. The molecule has 3 rings (SSSR count). The lowest BCUT2D eigenvalue weighted by Gasteiger charge is -2.11. The molecule has 1 heterocycles. The highest BCUT2D eigenvalue weighted by Gasteiger charge is 2.16. The first-order chi connectivity index (χ1) is 11.1. The average molecular weight is 393 g/mol. The van der Waals surface area contributed by atoms with Crippen LogP contribution in [0.1, 0.15) is 10.4 Å². The lowest BCUT2D eigenvalue weighted by molar-refractivity contribution is 0.102. The SMILES string of the molecule is COc1cc(C(=O)Nc2nc3ccccc3s2)cc(OC)c1Br. The number of nitrogens with one attached hydrogen (secondary N) is 1. The fraction of sp³-hybridized carbons (Fsp3) is 0.125. The maximum Gasteiger partial charge on any atom is 0.257 e. The van der Waals surface area contributed by atoms with Gasteiger partial charge in [0.1, 0.15) is 16.0 Å². The van der Waals surface area contributed by atoms with Crippen molar-refractivity contribution in [3.8, 4) is 11.5 Å². The van der Waals surface area contributed by atoms with Gasteiger partial charge in [-0.15, -0.1) is 0 Å². The average Bonchev–Trinajstić information content (AvgIpc) is 2.97. The summed E-state index contributed by atoms with van der Waals surface area (Å²) >= 11 is 4.81. The van der Waals surface area contributed by atoms with Crippen molar-refractivity contribution in [2.24, 2.45) is 0 Å². The number of halogens is 1. The van der Waals surface area contributed by atoms with E-state index in [-0.39, 0.29) is 5.91 Å². The summed E-state index contributed by atoms with van der Waals surface area (Å²) in [6, 6.07) is 11.0. The van der Waals surface area contributed by atoms with Gasteiger partial charge in [0.25, 0.3) is 5.91 Å². The molecule has 23 heavy (non-hydrogen) atoms. The Kier molecular flexibility index (Phi) is 4.49. The van der Waals surface area contributed by atoms with Gasteiger partial charge in [0.15, 0.2) is 5.13 Å². The Balaban J connectivity index is 1.90. The summed E-state index contributed by atoms with van der Waals surface area (Å²) in [5, 5.41) is 3.36. The summed E-state index contributed by atoms with van der Waals surface area (Å²) in [5.74, 6) is 0.783. The number of aromatic nitrogens is 1. The molecule has 0 aliphatic carbocycles. The summed E-state index contributed by atoms with van der Waals surface area (Å²) in [4.78, 5) is 16.9. The predicted molar refractivity (Wildman–Crippen MR) is 94.8 cm³/mol. The minimum atomic E-state index is -0.270. The van der Waals surface area contributed by atoms with E-state index in [1.165, 1.54) is 25.6 Å². The smallest absolute Gasteiger partial charge is 0.257 e. The van der Waals surface area contributed by atoms with Gasteiger partial charge in [-0.25, -0.2) is 4.98 Å². The molecule has 0 aliphatic rings. The Hall–Kier alpha value is -2.12. The van der Waals surface area contributed by atoms with Gasteiger partial charge >= 0.3 is 0 Å². The van der Waals surface area contributed by atoms with Crippen molar-refractivity contribution in [3.63, 3.8) is 0 Å². The van der Waals surface area contributed by atoms with Crippen LogP contribution in [0, 0.1) is 0 Å². The molecule has 118 valence electrons. The summed E-state index contributed by atoms with van der Waals surface area (Å²) < 4.78 is 12.2. The number of benzene rings is 2. The highest BCUT2D eigenvalue weighted by Crippen LogP contribution is 2.36. The van der Waals surface area contributed by atoms with E-state index in [0.717, 1.165) is 10.2 Å². The molecule has 3 aromatic rings. The van der Waals surface area contributed by atoms with Crippen molar-refractivity contribution in [3.05, 3.63) is 46.4 Å². The van der Waals surface area contributed by atoms with Crippen molar-refractivity contribution < 1.29 is 14.3 Å². The Morgan fingerprint density at radius 3 is 2.43 bits per heavy atom. The molecule has 5 nitrogen and oxygen atoms in total. The van der Waals surface area contributed by atoms with E-state index < -0.39 is 0 Å². The third-order valence-electron chi connectivity index (χ3n) is 3.22. The molecule has 0 spiro atoms. The van der Waals surface area contributed by atoms with Gasteiger partial charge < -0.3 is 9.47 Å². The van der Waals surface area contributed by atoms with Crippen LogP contribution in [-0.4, -0.2) is 25.1 Å². The quantitative estimate of drug-likeness (QED) is 0.717. The number of nitrogens with zero attached hydrogens (tertiary/aromatic N) is 1. The van der Waals surface area contributed by atoms with Crippen molar-refractivity contribution in [1.29, 1.82) is 0 Å². The Labute approximate surface area is 145 Å². The van der Waals surface area contributed by atoms with Gasteiger partial charge in [-0.3, -0.25) is 10.1 Å². The van der Waals surface area contributed by atoms with Crippen molar-refractivity contribution in [1.82, 2.24) is 4.98 Å². The molecule has 0 atom stereocenters. The normalized spacial score (nSPS) is 10.6. The fourth-order valence-electron chi connectivity index (χ4n) is 2.10. The fourth-order valence-corrected chi connectivity index (χ4v) is 3.51. The second-order valence-corrected chi connectivity index (χ2v) is 6.46. The van der Waals surface area contributed by atoms with E-state index >= 15 is 0 Å². The summed E-state index contributed by atoms with van der Waals surface area (Å²) in [6.45, 7) is 0. The number of fused-ring (bicyclic) bond motifs is 1. The number of thiazole rings is 1. The molecule has 7 heteroatoms. The zero-order chi connectivity index (χ0) is 16.4. The zero-order valence-corrected chi connectivity index (χ0v) is 14.8. The van der Waals surface area contributed by atoms with E-state index in [1.54, 1.807) is 12.1 Å². The monoisotopic (exact) mass is 392 g/mol. The molecule has 0 saturated heterocycles. The topological polar surface area (TPSA) is 60.5 Å². The highest BCUT2D eigenvalue weighted by atomic mass is 79.9. The van der Waals surface area contributed by atoms with Gasteiger partial charge in [0.2, 0.25) is 0 Å². The third-order valence-corrected chi connectivity index (χ3v) is 4.96. The molecule has 1 N–H and O–H groups in total. The van der Waals surface area contributed by atoms with Gasteiger partial charge in [-0.2, -0.15) is 0 Å². The van der Waals surface area contributed by atoms with E-state index in [9.17, 15) is 4.79 Å². The number of hydrogen-bond acceptors (Lipinski definition) is 5. The van der Waals surface area contributed by atoms with Gasteiger partial charge in [0.05, 0.1) is 24.4 Å². The number of rotatable bonds is 4. The second kappa shape index (κ2) is 6.55. The molecule has 0 aliphatic heterocycles. The van der Waals surface area contributed by atoms with Crippen LogP contribution < -0.4 is 14.8 Å².